The average molecular weight is 272 g/mol. The maximum Gasteiger partial charge on any atom is 0.260 e. The van der Waals surface area contributed by atoms with Gasteiger partial charge in [-0.05, 0) is 24.0 Å². The zero-order valence-electron chi connectivity index (χ0n) is 10.9. The Morgan fingerprint density at radius 3 is 2.61 bits per heavy atom. The minimum atomic E-state index is -3.63. The first-order valence-corrected chi connectivity index (χ1v) is 7.16. The molecule has 0 saturated heterocycles. The number of hydrazine groups is 1. The lowest BCUT2D eigenvalue weighted by Gasteiger charge is -2.18. The number of nitrogens with two attached hydrogens (primary N) is 1. The highest BCUT2D eigenvalue weighted by molar-refractivity contribution is 7.89. The predicted molar refractivity (Wildman–Crippen MR) is 71.3 cm³/mol. The van der Waals surface area contributed by atoms with E-state index in [4.69, 9.17) is 5.84 Å². The molecule has 0 spiro atoms. The van der Waals surface area contributed by atoms with E-state index in [-0.39, 0.29) is 16.1 Å². The minimum absolute atomic E-state index is 0.0710. The van der Waals surface area contributed by atoms with Crippen molar-refractivity contribution in [2.24, 2.45) is 11.3 Å². The van der Waals surface area contributed by atoms with Gasteiger partial charge in [-0.15, -0.1) is 0 Å². The summed E-state index contributed by atoms with van der Waals surface area (Å²) in [5.41, 5.74) is 2.68. The highest BCUT2D eigenvalue weighted by Gasteiger charge is 2.20. The van der Waals surface area contributed by atoms with Crippen LogP contribution in [0.2, 0.25) is 0 Å². The summed E-state index contributed by atoms with van der Waals surface area (Å²) in [6.07, 6.45) is 2.16. The molecule has 6 nitrogen and oxygen atoms in total. The number of aromatic nitrogens is 1. The molecule has 1 rings (SSSR count). The summed E-state index contributed by atoms with van der Waals surface area (Å²) >= 11 is 0. The third-order valence-electron chi connectivity index (χ3n) is 2.35. The van der Waals surface area contributed by atoms with Gasteiger partial charge in [0.05, 0.1) is 5.69 Å². The maximum atomic E-state index is 12.0. The summed E-state index contributed by atoms with van der Waals surface area (Å²) in [6.45, 7) is 6.52. The first-order valence-electron chi connectivity index (χ1n) is 5.67. The van der Waals surface area contributed by atoms with E-state index in [0.29, 0.717) is 6.54 Å². The number of hydrogen-bond donors (Lipinski definition) is 3. The summed E-state index contributed by atoms with van der Waals surface area (Å²) in [5, 5.41) is -0.0820. The number of nitrogens with one attached hydrogen (secondary N) is 2. The standard InChI is InChI=1S/C11H20N4O2S/c1-11(2,3)6-8-14-18(16,17)10-9(15-12)5-4-7-13-10/h4-5,7,14-15H,6,8,12H2,1-3H3. The van der Waals surface area contributed by atoms with E-state index in [1.807, 2.05) is 0 Å². The van der Waals surface area contributed by atoms with E-state index in [9.17, 15) is 8.42 Å². The molecule has 1 heterocycles. The Bertz CT molecular complexity index is 494. The van der Waals surface area contributed by atoms with Crippen molar-refractivity contribution in [1.29, 1.82) is 0 Å². The van der Waals surface area contributed by atoms with E-state index in [2.05, 4.69) is 35.9 Å². The van der Waals surface area contributed by atoms with Gasteiger partial charge in [0.15, 0.2) is 5.03 Å². The average Bonchev–Trinajstić information content (AvgIpc) is 2.27. The van der Waals surface area contributed by atoms with Crippen molar-refractivity contribution in [3.05, 3.63) is 18.3 Å². The maximum absolute atomic E-state index is 12.0. The van der Waals surface area contributed by atoms with Crippen molar-refractivity contribution in [3.8, 4) is 0 Å². The lowest BCUT2D eigenvalue weighted by Crippen LogP contribution is -2.29. The number of sulfonamides is 1. The Balaban J connectivity index is 2.81. The second-order valence-electron chi connectivity index (χ2n) is 5.21. The second-order valence-corrected chi connectivity index (χ2v) is 6.89. The summed E-state index contributed by atoms with van der Waals surface area (Å²) in [4.78, 5) is 3.84. The molecule has 0 aliphatic rings. The third kappa shape index (κ3) is 4.25. The largest absolute Gasteiger partial charge is 0.321 e. The van der Waals surface area contributed by atoms with Gasteiger partial charge in [0.25, 0.3) is 10.0 Å². The predicted octanol–water partition coefficient (Wildman–Crippen LogP) is 1.08. The molecule has 0 bridgehead atoms. The number of nitrogens with zero attached hydrogens (tertiary/aromatic N) is 1. The molecule has 1 aromatic rings. The molecule has 18 heavy (non-hydrogen) atoms. The molecule has 0 fully saturated rings. The van der Waals surface area contributed by atoms with Crippen LogP contribution in [-0.2, 0) is 10.0 Å². The quantitative estimate of drug-likeness (QED) is 0.550. The number of rotatable bonds is 5. The topological polar surface area (TPSA) is 97.1 Å². The lowest BCUT2D eigenvalue weighted by atomic mass is 9.93. The molecule has 0 atom stereocenters. The number of hydrogen-bond acceptors (Lipinski definition) is 5. The van der Waals surface area contributed by atoms with E-state index in [0.717, 1.165) is 6.42 Å². The molecule has 0 unspecified atom stereocenters. The van der Waals surface area contributed by atoms with Gasteiger partial charge in [0.1, 0.15) is 0 Å². The van der Waals surface area contributed by atoms with Crippen molar-refractivity contribution < 1.29 is 8.42 Å². The van der Waals surface area contributed by atoms with Gasteiger partial charge in [-0.2, -0.15) is 0 Å². The van der Waals surface area contributed by atoms with E-state index >= 15 is 0 Å². The Morgan fingerprint density at radius 1 is 1.39 bits per heavy atom. The SMILES string of the molecule is CC(C)(C)CCNS(=O)(=O)c1ncccc1NN. The molecule has 0 amide bonds. The van der Waals surface area contributed by atoms with Crippen LogP contribution in [-0.4, -0.2) is 19.9 Å². The smallest absolute Gasteiger partial charge is 0.260 e. The highest BCUT2D eigenvalue weighted by Crippen LogP contribution is 2.19. The van der Waals surface area contributed by atoms with Crippen molar-refractivity contribution in [2.45, 2.75) is 32.2 Å². The molecular formula is C11H20N4O2S. The van der Waals surface area contributed by atoms with Gasteiger partial charge in [-0.3, -0.25) is 5.84 Å². The van der Waals surface area contributed by atoms with Gasteiger partial charge in [-0.1, -0.05) is 20.8 Å². The lowest BCUT2D eigenvalue weighted by molar-refractivity contribution is 0.378. The van der Waals surface area contributed by atoms with Gasteiger partial charge in [0.2, 0.25) is 0 Å². The van der Waals surface area contributed by atoms with E-state index in [1.165, 1.54) is 6.20 Å². The van der Waals surface area contributed by atoms with Crippen molar-refractivity contribution in [2.75, 3.05) is 12.0 Å². The van der Waals surface area contributed by atoms with Crippen LogP contribution in [0.4, 0.5) is 5.69 Å². The van der Waals surface area contributed by atoms with Crippen molar-refractivity contribution >= 4 is 15.7 Å². The fourth-order valence-electron chi connectivity index (χ4n) is 1.34. The van der Waals surface area contributed by atoms with Crippen LogP contribution in [0.1, 0.15) is 27.2 Å². The molecule has 0 aliphatic heterocycles. The fraction of sp³-hybridized carbons (Fsp3) is 0.545. The molecule has 0 saturated carbocycles. The van der Waals surface area contributed by atoms with E-state index < -0.39 is 10.0 Å². The summed E-state index contributed by atoms with van der Waals surface area (Å²) in [7, 11) is -3.63. The van der Waals surface area contributed by atoms with Crippen LogP contribution in [0.25, 0.3) is 0 Å². The molecule has 102 valence electrons. The van der Waals surface area contributed by atoms with Gasteiger partial charge >= 0.3 is 0 Å². The zero-order valence-corrected chi connectivity index (χ0v) is 11.7. The summed E-state index contributed by atoms with van der Waals surface area (Å²) in [5.74, 6) is 5.26. The third-order valence-corrected chi connectivity index (χ3v) is 3.77. The highest BCUT2D eigenvalue weighted by atomic mass is 32.2. The van der Waals surface area contributed by atoms with Crippen molar-refractivity contribution in [1.82, 2.24) is 9.71 Å². The zero-order chi connectivity index (χ0) is 13.8. The molecule has 1 aromatic heterocycles. The molecule has 4 N–H and O–H groups in total. The van der Waals surface area contributed by atoms with E-state index in [1.54, 1.807) is 12.1 Å². The first-order chi connectivity index (χ1) is 8.26. The number of nitrogen functional groups attached to an aromatic ring is 1. The Labute approximate surface area is 108 Å². The second kappa shape index (κ2) is 5.64. The molecule has 0 aromatic carbocycles. The van der Waals surface area contributed by atoms with Crippen LogP contribution in [0.5, 0.6) is 0 Å². The Kier molecular flexibility index (Phi) is 4.66. The minimum Gasteiger partial charge on any atom is -0.321 e. The van der Waals surface area contributed by atoms with Crippen molar-refractivity contribution in [3.63, 3.8) is 0 Å². The fourth-order valence-corrected chi connectivity index (χ4v) is 2.47. The van der Waals surface area contributed by atoms with Gasteiger partial charge in [0, 0.05) is 12.7 Å². The van der Waals surface area contributed by atoms with Crippen LogP contribution in [0, 0.1) is 5.41 Å². The number of anilines is 1. The van der Waals surface area contributed by atoms with Crippen LogP contribution >= 0.6 is 0 Å². The van der Waals surface area contributed by atoms with Crippen LogP contribution in [0.3, 0.4) is 0 Å². The monoisotopic (exact) mass is 272 g/mol. The first kappa shape index (κ1) is 14.9. The summed E-state index contributed by atoms with van der Waals surface area (Å²) in [6, 6.07) is 3.18. The normalized spacial score (nSPS) is 12.4. The molecular weight excluding hydrogens is 252 g/mol. The Morgan fingerprint density at radius 2 is 2.06 bits per heavy atom. The van der Waals surface area contributed by atoms with Crippen LogP contribution in [0.15, 0.2) is 23.4 Å². The van der Waals surface area contributed by atoms with Crippen LogP contribution < -0.4 is 16.0 Å². The van der Waals surface area contributed by atoms with Gasteiger partial charge in [-0.25, -0.2) is 18.1 Å². The molecule has 0 aliphatic carbocycles. The molecule has 0 radical (unpaired) electrons. The van der Waals surface area contributed by atoms with Gasteiger partial charge < -0.3 is 5.43 Å². The molecule has 7 heteroatoms. The Hall–Kier alpha value is -1.18. The number of pyridine rings is 1. The summed E-state index contributed by atoms with van der Waals surface area (Å²) < 4.78 is 26.6.